The number of hydrogen-bond acceptors (Lipinski definition) is 3. The number of imidazole rings is 1. The maximum Gasteiger partial charge on any atom is 0.259 e. The predicted octanol–water partition coefficient (Wildman–Crippen LogP) is 1.51. The van der Waals surface area contributed by atoms with Gasteiger partial charge in [-0.2, -0.15) is 0 Å². The summed E-state index contributed by atoms with van der Waals surface area (Å²) in [5, 5.41) is 0.0559. The van der Waals surface area contributed by atoms with E-state index in [2.05, 4.69) is 9.71 Å². The van der Waals surface area contributed by atoms with Gasteiger partial charge in [0.25, 0.3) is 10.0 Å². The Morgan fingerprint density at radius 3 is 2.59 bits per heavy atom. The van der Waals surface area contributed by atoms with Gasteiger partial charge in [0, 0.05) is 24.7 Å². The summed E-state index contributed by atoms with van der Waals surface area (Å²) in [7, 11) is -3.56. The molecule has 1 rings (SSSR count). The van der Waals surface area contributed by atoms with Gasteiger partial charge in [-0.05, 0) is 20.3 Å². The first kappa shape index (κ1) is 14.5. The van der Waals surface area contributed by atoms with E-state index < -0.39 is 10.0 Å². The molecule has 1 aromatic heterocycles. The van der Waals surface area contributed by atoms with Gasteiger partial charge >= 0.3 is 0 Å². The number of hydrogen-bond donors (Lipinski definition) is 1. The number of nitrogens with one attached hydrogen (secondary N) is 1. The van der Waals surface area contributed by atoms with Gasteiger partial charge in [-0.3, -0.25) is 0 Å². The van der Waals surface area contributed by atoms with E-state index in [-0.39, 0.29) is 16.9 Å². The van der Waals surface area contributed by atoms with E-state index in [1.165, 1.54) is 0 Å². The van der Waals surface area contributed by atoms with Crippen molar-refractivity contribution in [1.29, 1.82) is 0 Å². The lowest BCUT2D eigenvalue weighted by Gasteiger charge is -2.12. The van der Waals surface area contributed by atoms with Crippen LogP contribution in [0.5, 0.6) is 0 Å². The Hall–Kier alpha value is -0.590. The van der Waals surface area contributed by atoms with Crippen molar-refractivity contribution in [3.8, 4) is 0 Å². The topological polar surface area (TPSA) is 64.0 Å². The van der Waals surface area contributed by atoms with Gasteiger partial charge in [-0.15, -0.1) is 11.6 Å². The zero-order chi connectivity index (χ0) is 13.1. The lowest BCUT2D eigenvalue weighted by atomic mass is 10.3. The SMILES string of the molecule is CCC(CCl)NS(=O)(=O)c1cn(CC)c(C)n1. The van der Waals surface area contributed by atoms with E-state index in [0.29, 0.717) is 18.8 Å². The van der Waals surface area contributed by atoms with E-state index in [0.717, 1.165) is 0 Å². The second-order valence-corrected chi connectivity index (χ2v) is 5.76. The molecular formula is C10H18ClN3O2S. The fourth-order valence-corrected chi connectivity index (χ4v) is 3.15. The number of sulfonamides is 1. The van der Waals surface area contributed by atoms with Crippen molar-refractivity contribution < 1.29 is 8.42 Å². The van der Waals surface area contributed by atoms with Gasteiger partial charge in [0.2, 0.25) is 0 Å². The molecule has 1 N–H and O–H groups in total. The third-order valence-electron chi connectivity index (χ3n) is 2.57. The lowest BCUT2D eigenvalue weighted by Crippen LogP contribution is -2.35. The summed E-state index contributed by atoms with van der Waals surface area (Å²) in [4.78, 5) is 4.04. The third kappa shape index (κ3) is 3.43. The van der Waals surface area contributed by atoms with Gasteiger partial charge in [-0.25, -0.2) is 18.1 Å². The Balaban J connectivity index is 2.96. The Labute approximate surface area is 107 Å². The molecule has 1 atom stereocenters. The van der Waals surface area contributed by atoms with Crippen molar-refractivity contribution in [1.82, 2.24) is 14.3 Å². The standard InChI is InChI=1S/C10H18ClN3O2S/c1-4-9(6-11)13-17(15,16)10-7-14(5-2)8(3)12-10/h7,9,13H,4-6H2,1-3H3. The first-order valence-corrected chi connectivity index (χ1v) is 7.58. The second-order valence-electron chi connectivity index (χ2n) is 3.79. The number of aryl methyl sites for hydroxylation is 2. The Morgan fingerprint density at radius 1 is 1.53 bits per heavy atom. The smallest absolute Gasteiger partial charge is 0.259 e. The normalized spacial score (nSPS) is 13.9. The Morgan fingerprint density at radius 2 is 2.18 bits per heavy atom. The van der Waals surface area contributed by atoms with Gasteiger partial charge < -0.3 is 4.57 Å². The Kier molecular flexibility index (Phi) is 4.97. The highest BCUT2D eigenvalue weighted by molar-refractivity contribution is 7.89. The van der Waals surface area contributed by atoms with Crippen LogP contribution in [0.15, 0.2) is 11.2 Å². The highest BCUT2D eigenvalue weighted by atomic mass is 35.5. The summed E-state index contributed by atoms with van der Waals surface area (Å²) in [5.41, 5.74) is 0. The van der Waals surface area contributed by atoms with Crippen molar-refractivity contribution in [3.05, 3.63) is 12.0 Å². The molecule has 5 nitrogen and oxygen atoms in total. The minimum atomic E-state index is -3.56. The number of halogens is 1. The molecule has 1 unspecified atom stereocenters. The molecule has 0 radical (unpaired) electrons. The number of aromatic nitrogens is 2. The molecule has 1 heterocycles. The van der Waals surface area contributed by atoms with Gasteiger partial charge in [0.05, 0.1) is 0 Å². The molecule has 0 aliphatic carbocycles. The largest absolute Gasteiger partial charge is 0.334 e. The maximum atomic E-state index is 12.0. The van der Waals surface area contributed by atoms with Crippen LogP contribution in [-0.4, -0.2) is 29.9 Å². The molecule has 1 aromatic rings. The molecule has 0 bridgehead atoms. The molecule has 0 amide bonds. The van der Waals surface area contributed by atoms with E-state index >= 15 is 0 Å². The molecule has 0 aliphatic rings. The van der Waals surface area contributed by atoms with Crippen molar-refractivity contribution in [2.24, 2.45) is 0 Å². The molecule has 0 spiro atoms. The molecule has 0 saturated heterocycles. The molecular weight excluding hydrogens is 262 g/mol. The van der Waals surface area contributed by atoms with Gasteiger partial charge in [0.15, 0.2) is 5.03 Å². The van der Waals surface area contributed by atoms with Crippen LogP contribution in [-0.2, 0) is 16.6 Å². The number of nitrogens with zero attached hydrogens (tertiary/aromatic N) is 2. The first-order valence-electron chi connectivity index (χ1n) is 5.56. The van der Waals surface area contributed by atoms with E-state index in [1.54, 1.807) is 17.7 Å². The van der Waals surface area contributed by atoms with Crippen molar-refractivity contribution in [3.63, 3.8) is 0 Å². The van der Waals surface area contributed by atoms with Crippen LogP contribution in [0.25, 0.3) is 0 Å². The second kappa shape index (κ2) is 5.84. The van der Waals surface area contributed by atoms with E-state index in [4.69, 9.17) is 11.6 Å². The minimum absolute atomic E-state index is 0.0559. The van der Waals surface area contributed by atoms with Gasteiger partial charge in [-0.1, -0.05) is 6.92 Å². The number of alkyl halides is 1. The van der Waals surface area contributed by atoms with Crippen molar-refractivity contribution >= 4 is 21.6 Å². The van der Waals surface area contributed by atoms with Crippen molar-refractivity contribution in [2.45, 2.75) is 44.8 Å². The average Bonchev–Trinajstić information content (AvgIpc) is 2.68. The molecule has 0 saturated carbocycles. The summed E-state index contributed by atoms with van der Waals surface area (Å²) in [6, 6.07) is -0.256. The first-order chi connectivity index (χ1) is 7.94. The summed E-state index contributed by atoms with van der Waals surface area (Å²) < 4.78 is 28.3. The minimum Gasteiger partial charge on any atom is -0.334 e. The molecule has 0 aromatic carbocycles. The third-order valence-corrected chi connectivity index (χ3v) is 4.33. The molecule has 0 fully saturated rings. The quantitative estimate of drug-likeness (QED) is 0.803. The van der Waals surface area contributed by atoms with Crippen molar-refractivity contribution in [2.75, 3.05) is 5.88 Å². The van der Waals surface area contributed by atoms with E-state index in [1.807, 2.05) is 13.8 Å². The summed E-state index contributed by atoms with van der Waals surface area (Å²) in [5.74, 6) is 0.940. The monoisotopic (exact) mass is 279 g/mol. The van der Waals surface area contributed by atoms with Crippen LogP contribution in [0.2, 0.25) is 0 Å². The highest BCUT2D eigenvalue weighted by Gasteiger charge is 2.21. The predicted molar refractivity (Wildman–Crippen MR) is 67.8 cm³/mol. The molecule has 7 heteroatoms. The van der Waals surface area contributed by atoms with Crippen LogP contribution < -0.4 is 4.72 Å². The fraction of sp³-hybridized carbons (Fsp3) is 0.700. The van der Waals surface area contributed by atoms with Crippen LogP contribution in [0.1, 0.15) is 26.1 Å². The molecule has 98 valence electrons. The number of rotatable bonds is 6. The summed E-state index contributed by atoms with van der Waals surface area (Å²) in [6.45, 7) is 6.29. The van der Waals surface area contributed by atoms with Gasteiger partial charge in [0.1, 0.15) is 5.82 Å². The maximum absolute atomic E-state index is 12.0. The Bertz CT molecular complexity index is 466. The van der Waals surface area contributed by atoms with Crippen LogP contribution >= 0.6 is 11.6 Å². The lowest BCUT2D eigenvalue weighted by molar-refractivity contribution is 0.554. The highest BCUT2D eigenvalue weighted by Crippen LogP contribution is 2.10. The van der Waals surface area contributed by atoms with Crippen LogP contribution in [0.3, 0.4) is 0 Å². The summed E-state index contributed by atoms with van der Waals surface area (Å²) in [6.07, 6.45) is 2.19. The molecule has 17 heavy (non-hydrogen) atoms. The van der Waals surface area contributed by atoms with Crippen LogP contribution in [0, 0.1) is 6.92 Å². The van der Waals surface area contributed by atoms with E-state index in [9.17, 15) is 8.42 Å². The summed E-state index contributed by atoms with van der Waals surface area (Å²) >= 11 is 5.67. The average molecular weight is 280 g/mol. The van der Waals surface area contributed by atoms with Crippen LogP contribution in [0.4, 0.5) is 0 Å². The zero-order valence-corrected chi connectivity index (χ0v) is 11.8. The molecule has 0 aliphatic heterocycles. The fourth-order valence-electron chi connectivity index (χ4n) is 1.43. The zero-order valence-electron chi connectivity index (χ0n) is 10.3.